The van der Waals surface area contributed by atoms with Crippen LogP contribution in [0.4, 0.5) is 0 Å². The number of piperidine rings is 1. The summed E-state index contributed by atoms with van der Waals surface area (Å²) < 4.78 is 5.66. The zero-order valence-corrected chi connectivity index (χ0v) is 18.0. The van der Waals surface area contributed by atoms with Crippen LogP contribution in [-0.4, -0.2) is 42.5 Å². The third kappa shape index (κ3) is 5.43. The summed E-state index contributed by atoms with van der Waals surface area (Å²) in [6.07, 6.45) is 1.39. The van der Waals surface area contributed by atoms with Gasteiger partial charge in [-0.2, -0.15) is 0 Å². The Hall–Kier alpha value is -2.24. The first kappa shape index (κ1) is 21.5. The summed E-state index contributed by atoms with van der Waals surface area (Å²) in [6, 6.07) is 10.7. The normalized spacial score (nSPS) is 14.6. The van der Waals surface area contributed by atoms with E-state index in [2.05, 4.69) is 5.32 Å². The lowest BCUT2D eigenvalue weighted by Crippen LogP contribution is -2.47. The van der Waals surface area contributed by atoms with Crippen LogP contribution in [0.5, 0.6) is 5.75 Å². The number of carbonyl (C=O) groups excluding carboxylic acids is 2. The fourth-order valence-corrected chi connectivity index (χ4v) is 3.63. The number of ether oxygens (including phenoxy) is 1. The van der Waals surface area contributed by atoms with Crippen molar-refractivity contribution in [3.05, 3.63) is 63.1 Å². The van der Waals surface area contributed by atoms with Crippen LogP contribution in [0.2, 0.25) is 10.0 Å². The second-order valence-corrected chi connectivity index (χ2v) is 8.06. The van der Waals surface area contributed by atoms with Gasteiger partial charge in [0.1, 0.15) is 5.75 Å². The third-order valence-corrected chi connectivity index (χ3v) is 5.97. The van der Waals surface area contributed by atoms with Crippen molar-refractivity contribution in [3.63, 3.8) is 0 Å². The quantitative estimate of drug-likeness (QED) is 0.757. The Morgan fingerprint density at radius 1 is 1.10 bits per heavy atom. The van der Waals surface area contributed by atoms with Gasteiger partial charge in [-0.25, -0.2) is 0 Å². The van der Waals surface area contributed by atoms with E-state index in [0.717, 1.165) is 16.9 Å². The van der Waals surface area contributed by atoms with Crippen molar-refractivity contribution in [2.24, 2.45) is 0 Å². The maximum Gasteiger partial charge on any atom is 0.258 e. The number of nitrogens with one attached hydrogen (secondary N) is 1. The minimum absolute atomic E-state index is 0.0211. The molecule has 3 rings (SSSR count). The molecule has 7 heteroatoms. The Morgan fingerprint density at radius 3 is 2.52 bits per heavy atom. The van der Waals surface area contributed by atoms with Gasteiger partial charge < -0.3 is 15.0 Å². The molecule has 1 N–H and O–H groups in total. The minimum atomic E-state index is -0.153. The van der Waals surface area contributed by atoms with Crippen LogP contribution in [-0.2, 0) is 4.79 Å². The third-order valence-electron chi connectivity index (χ3n) is 5.23. The van der Waals surface area contributed by atoms with Crippen molar-refractivity contribution >= 4 is 35.0 Å². The Labute approximate surface area is 180 Å². The average molecular weight is 435 g/mol. The Kier molecular flexibility index (Phi) is 7.04. The van der Waals surface area contributed by atoms with Crippen LogP contribution >= 0.6 is 23.2 Å². The molecule has 0 bridgehead atoms. The molecule has 1 aliphatic heterocycles. The molecule has 1 saturated heterocycles. The van der Waals surface area contributed by atoms with Gasteiger partial charge in [0.2, 0.25) is 0 Å². The second-order valence-electron chi connectivity index (χ2n) is 7.25. The molecule has 2 amide bonds. The van der Waals surface area contributed by atoms with E-state index < -0.39 is 0 Å². The first-order valence-electron chi connectivity index (χ1n) is 9.58. The van der Waals surface area contributed by atoms with E-state index in [-0.39, 0.29) is 24.5 Å². The smallest absolute Gasteiger partial charge is 0.258 e. The molecule has 0 aliphatic carbocycles. The fraction of sp³-hybridized carbons (Fsp3) is 0.364. The number of amides is 2. The highest BCUT2D eigenvalue weighted by atomic mass is 35.5. The van der Waals surface area contributed by atoms with E-state index in [9.17, 15) is 9.59 Å². The maximum absolute atomic E-state index is 12.6. The molecule has 0 aromatic heterocycles. The highest BCUT2D eigenvalue weighted by Gasteiger charge is 2.25. The van der Waals surface area contributed by atoms with Gasteiger partial charge in [0.05, 0.1) is 10.0 Å². The first-order chi connectivity index (χ1) is 13.8. The minimum Gasteiger partial charge on any atom is -0.483 e. The van der Waals surface area contributed by atoms with Crippen LogP contribution in [0.1, 0.15) is 34.3 Å². The van der Waals surface area contributed by atoms with E-state index >= 15 is 0 Å². The average Bonchev–Trinajstić information content (AvgIpc) is 2.71. The zero-order valence-electron chi connectivity index (χ0n) is 16.5. The van der Waals surface area contributed by atoms with Gasteiger partial charge >= 0.3 is 0 Å². The molecule has 0 saturated carbocycles. The number of aryl methyl sites for hydroxylation is 1. The van der Waals surface area contributed by atoms with Gasteiger partial charge in [0.15, 0.2) is 6.61 Å². The van der Waals surface area contributed by atoms with Crippen molar-refractivity contribution in [2.45, 2.75) is 32.7 Å². The SMILES string of the molecule is Cc1cccc(OCC(=O)NC2CCN(C(=O)c3ccc(Cl)c(Cl)c3)CC2)c1C. The number of likely N-dealkylation sites (tertiary alicyclic amines) is 1. The molecule has 0 spiro atoms. The molecule has 29 heavy (non-hydrogen) atoms. The van der Waals surface area contributed by atoms with Crippen LogP contribution in [0.25, 0.3) is 0 Å². The van der Waals surface area contributed by atoms with Gasteiger partial charge in [-0.1, -0.05) is 35.3 Å². The summed E-state index contributed by atoms with van der Waals surface area (Å²) in [5, 5.41) is 3.79. The van der Waals surface area contributed by atoms with E-state index in [1.54, 1.807) is 23.1 Å². The first-order valence-corrected chi connectivity index (χ1v) is 10.3. The number of hydrogen-bond acceptors (Lipinski definition) is 3. The molecule has 154 valence electrons. The number of benzene rings is 2. The zero-order chi connectivity index (χ0) is 21.0. The fourth-order valence-electron chi connectivity index (χ4n) is 3.33. The second kappa shape index (κ2) is 9.51. The van der Waals surface area contributed by atoms with Gasteiger partial charge in [-0.05, 0) is 62.1 Å². The van der Waals surface area contributed by atoms with E-state index in [4.69, 9.17) is 27.9 Å². The lowest BCUT2D eigenvalue weighted by molar-refractivity contribution is -0.124. The summed E-state index contributed by atoms with van der Waals surface area (Å²) >= 11 is 11.9. The molecule has 1 heterocycles. The van der Waals surface area contributed by atoms with Crippen molar-refractivity contribution < 1.29 is 14.3 Å². The molecular formula is C22H24Cl2N2O3. The summed E-state index contributed by atoms with van der Waals surface area (Å²) in [7, 11) is 0. The van der Waals surface area contributed by atoms with Crippen LogP contribution in [0, 0.1) is 13.8 Å². The van der Waals surface area contributed by atoms with Crippen LogP contribution in [0.15, 0.2) is 36.4 Å². The van der Waals surface area contributed by atoms with Gasteiger partial charge in [-0.15, -0.1) is 0 Å². The maximum atomic E-state index is 12.6. The number of rotatable bonds is 5. The molecule has 1 aliphatic rings. The number of nitrogens with zero attached hydrogens (tertiary/aromatic N) is 1. The molecule has 2 aromatic carbocycles. The Balaban J connectivity index is 1.46. The standard InChI is InChI=1S/C22H24Cl2N2O3/c1-14-4-3-5-20(15(14)2)29-13-21(27)25-17-8-10-26(11-9-17)22(28)16-6-7-18(23)19(24)12-16/h3-7,12,17H,8-11,13H2,1-2H3,(H,25,27). The lowest BCUT2D eigenvalue weighted by Gasteiger charge is -2.32. The number of halogens is 2. The van der Waals surface area contributed by atoms with Crippen LogP contribution < -0.4 is 10.1 Å². The van der Waals surface area contributed by atoms with Crippen molar-refractivity contribution in [1.82, 2.24) is 10.2 Å². The van der Waals surface area contributed by atoms with Crippen molar-refractivity contribution in [1.29, 1.82) is 0 Å². The van der Waals surface area contributed by atoms with Crippen molar-refractivity contribution in [3.8, 4) is 5.75 Å². The number of hydrogen-bond donors (Lipinski definition) is 1. The Morgan fingerprint density at radius 2 is 1.83 bits per heavy atom. The van der Waals surface area contributed by atoms with Crippen molar-refractivity contribution in [2.75, 3.05) is 19.7 Å². The Bertz CT molecular complexity index is 909. The summed E-state index contributed by atoms with van der Waals surface area (Å²) in [5.74, 6) is 0.494. The molecule has 0 radical (unpaired) electrons. The molecule has 1 fully saturated rings. The summed E-state index contributed by atoms with van der Waals surface area (Å²) in [6.45, 7) is 5.11. The molecule has 5 nitrogen and oxygen atoms in total. The molecule has 0 unspecified atom stereocenters. The van der Waals surface area contributed by atoms with Gasteiger partial charge in [0.25, 0.3) is 11.8 Å². The molecule has 2 aromatic rings. The van der Waals surface area contributed by atoms with Gasteiger partial charge in [0, 0.05) is 24.7 Å². The van der Waals surface area contributed by atoms with E-state index in [0.29, 0.717) is 41.5 Å². The largest absolute Gasteiger partial charge is 0.483 e. The molecular weight excluding hydrogens is 411 g/mol. The number of carbonyl (C=O) groups is 2. The monoisotopic (exact) mass is 434 g/mol. The van der Waals surface area contributed by atoms with Gasteiger partial charge in [-0.3, -0.25) is 9.59 Å². The molecule has 0 atom stereocenters. The van der Waals surface area contributed by atoms with E-state index in [1.807, 2.05) is 32.0 Å². The van der Waals surface area contributed by atoms with E-state index in [1.165, 1.54) is 0 Å². The lowest BCUT2D eigenvalue weighted by atomic mass is 10.0. The predicted molar refractivity (Wildman–Crippen MR) is 115 cm³/mol. The highest BCUT2D eigenvalue weighted by Crippen LogP contribution is 2.24. The summed E-state index contributed by atoms with van der Waals surface area (Å²) in [5.41, 5.74) is 2.68. The van der Waals surface area contributed by atoms with Crippen LogP contribution in [0.3, 0.4) is 0 Å². The highest BCUT2D eigenvalue weighted by molar-refractivity contribution is 6.42. The topological polar surface area (TPSA) is 58.6 Å². The summed E-state index contributed by atoms with van der Waals surface area (Å²) in [4.78, 5) is 26.6. The predicted octanol–water partition coefficient (Wildman–Crippen LogP) is 4.41.